The first-order valence-electron chi connectivity index (χ1n) is 7.71. The lowest BCUT2D eigenvalue weighted by molar-refractivity contribution is 0.575. The average molecular weight is 275 g/mol. The number of rotatable bonds is 1. The Morgan fingerprint density at radius 2 is 1.52 bits per heavy atom. The minimum absolute atomic E-state index is 0.374. The van der Waals surface area contributed by atoms with E-state index in [1.807, 2.05) is 0 Å². The highest BCUT2D eigenvalue weighted by atomic mass is 14.6. The van der Waals surface area contributed by atoms with E-state index in [1.54, 1.807) is 0 Å². The number of hydrogen-bond acceptors (Lipinski definition) is 1. The van der Waals surface area contributed by atoms with Gasteiger partial charge in [0.2, 0.25) is 0 Å². The Labute approximate surface area is 125 Å². The lowest BCUT2D eigenvalue weighted by Gasteiger charge is -2.12. The van der Waals surface area contributed by atoms with Gasteiger partial charge in [0.25, 0.3) is 0 Å². The number of benzene rings is 3. The van der Waals surface area contributed by atoms with Gasteiger partial charge in [-0.1, -0.05) is 57.2 Å². The van der Waals surface area contributed by atoms with Crippen molar-refractivity contribution in [2.45, 2.75) is 26.7 Å². The van der Waals surface area contributed by atoms with E-state index in [2.05, 4.69) is 69.3 Å². The van der Waals surface area contributed by atoms with Crippen molar-refractivity contribution in [1.29, 1.82) is 0 Å². The molecule has 1 fully saturated rings. The topological polar surface area (TPSA) is 26.0 Å². The molecule has 0 bridgehead atoms. The Morgan fingerprint density at radius 3 is 2.14 bits per heavy atom. The van der Waals surface area contributed by atoms with Gasteiger partial charge in [0.05, 0.1) is 0 Å². The highest BCUT2D eigenvalue weighted by Gasteiger charge is 2.55. The number of anilines is 1. The minimum atomic E-state index is 0.374. The van der Waals surface area contributed by atoms with Crippen LogP contribution in [0.4, 0.5) is 5.69 Å². The second kappa shape index (κ2) is 4.00. The molecule has 0 saturated heterocycles. The van der Waals surface area contributed by atoms with Crippen LogP contribution in [0.5, 0.6) is 0 Å². The maximum absolute atomic E-state index is 6.53. The molecule has 1 aliphatic rings. The molecule has 2 unspecified atom stereocenters. The van der Waals surface area contributed by atoms with E-state index >= 15 is 0 Å². The zero-order valence-electron chi connectivity index (χ0n) is 12.9. The Bertz CT molecular complexity index is 860. The van der Waals surface area contributed by atoms with Gasteiger partial charge >= 0.3 is 0 Å². The number of nitrogen functional groups attached to an aromatic ring is 1. The van der Waals surface area contributed by atoms with E-state index in [0.717, 1.165) is 5.69 Å². The van der Waals surface area contributed by atoms with E-state index in [4.69, 9.17) is 5.73 Å². The van der Waals surface area contributed by atoms with Crippen LogP contribution in [0.2, 0.25) is 0 Å². The molecule has 1 aliphatic carbocycles. The maximum atomic E-state index is 6.53. The Balaban J connectivity index is 1.96. The molecule has 1 saturated carbocycles. The molecule has 2 atom stereocenters. The van der Waals surface area contributed by atoms with Crippen LogP contribution in [0.15, 0.2) is 48.5 Å². The summed E-state index contributed by atoms with van der Waals surface area (Å²) in [5.74, 6) is 1.30. The highest BCUT2D eigenvalue weighted by Crippen LogP contribution is 2.65. The van der Waals surface area contributed by atoms with Crippen LogP contribution >= 0.6 is 0 Å². The first kappa shape index (κ1) is 12.7. The monoisotopic (exact) mass is 275 g/mol. The molecule has 106 valence electrons. The summed E-state index contributed by atoms with van der Waals surface area (Å²) in [4.78, 5) is 0. The first-order valence-corrected chi connectivity index (χ1v) is 7.71. The molecule has 0 amide bonds. The zero-order chi connectivity index (χ0) is 14.8. The largest absolute Gasteiger partial charge is 0.398 e. The minimum Gasteiger partial charge on any atom is -0.398 e. The van der Waals surface area contributed by atoms with E-state index in [9.17, 15) is 0 Å². The molecule has 3 aromatic carbocycles. The quantitative estimate of drug-likeness (QED) is 0.471. The summed E-state index contributed by atoms with van der Waals surface area (Å²) >= 11 is 0. The molecule has 3 aromatic rings. The lowest BCUT2D eigenvalue weighted by Crippen LogP contribution is -1.97. The zero-order valence-corrected chi connectivity index (χ0v) is 12.9. The predicted molar refractivity (Wildman–Crippen MR) is 91.6 cm³/mol. The number of nitrogens with two attached hydrogens (primary N) is 1. The second-order valence-electron chi connectivity index (χ2n) is 7.08. The highest BCUT2D eigenvalue weighted by molar-refractivity contribution is 6.04. The van der Waals surface area contributed by atoms with E-state index in [0.29, 0.717) is 17.3 Å². The summed E-state index contributed by atoms with van der Waals surface area (Å²) in [6.45, 7) is 7.01. The van der Waals surface area contributed by atoms with Gasteiger partial charge in [0.15, 0.2) is 0 Å². The Hall–Kier alpha value is -2.02. The van der Waals surface area contributed by atoms with Gasteiger partial charge in [-0.05, 0) is 51.1 Å². The SMILES string of the molecule is CC1C(c2ccc3cc4ccccc4cc3c2N)C1(C)C. The van der Waals surface area contributed by atoms with E-state index in [1.165, 1.54) is 27.1 Å². The number of fused-ring (bicyclic) bond motifs is 2. The van der Waals surface area contributed by atoms with Crippen molar-refractivity contribution in [3.63, 3.8) is 0 Å². The molecule has 1 nitrogen and oxygen atoms in total. The first-order chi connectivity index (χ1) is 10.00. The van der Waals surface area contributed by atoms with Crippen molar-refractivity contribution in [3.8, 4) is 0 Å². The van der Waals surface area contributed by atoms with Crippen molar-refractivity contribution in [2.24, 2.45) is 11.3 Å². The van der Waals surface area contributed by atoms with Gasteiger partial charge in [-0.25, -0.2) is 0 Å². The van der Waals surface area contributed by atoms with Crippen molar-refractivity contribution in [1.82, 2.24) is 0 Å². The van der Waals surface area contributed by atoms with Crippen molar-refractivity contribution in [2.75, 3.05) is 5.73 Å². The normalized spacial score (nSPS) is 23.6. The molecule has 4 rings (SSSR count). The summed E-state index contributed by atoms with van der Waals surface area (Å²) in [6, 6.07) is 17.4. The molecule has 21 heavy (non-hydrogen) atoms. The maximum Gasteiger partial charge on any atom is 0.0429 e. The van der Waals surface area contributed by atoms with Crippen LogP contribution in [0.1, 0.15) is 32.3 Å². The van der Waals surface area contributed by atoms with Crippen LogP contribution in [-0.4, -0.2) is 0 Å². The summed E-state index contributed by atoms with van der Waals surface area (Å²) in [5, 5.41) is 4.97. The van der Waals surface area contributed by atoms with Gasteiger partial charge in [0, 0.05) is 11.1 Å². The third-order valence-electron chi connectivity index (χ3n) is 5.66. The Morgan fingerprint density at radius 1 is 0.905 bits per heavy atom. The van der Waals surface area contributed by atoms with Crippen LogP contribution in [0.3, 0.4) is 0 Å². The third-order valence-corrected chi connectivity index (χ3v) is 5.66. The molecule has 0 aromatic heterocycles. The van der Waals surface area contributed by atoms with Crippen molar-refractivity contribution in [3.05, 3.63) is 54.1 Å². The third kappa shape index (κ3) is 1.70. The molecule has 0 radical (unpaired) electrons. The molecular weight excluding hydrogens is 254 g/mol. The van der Waals surface area contributed by atoms with Gasteiger partial charge in [0.1, 0.15) is 0 Å². The van der Waals surface area contributed by atoms with Crippen LogP contribution < -0.4 is 5.73 Å². The van der Waals surface area contributed by atoms with Crippen LogP contribution in [-0.2, 0) is 0 Å². The molecule has 0 spiro atoms. The van der Waals surface area contributed by atoms with Gasteiger partial charge < -0.3 is 5.73 Å². The summed E-state index contributed by atoms with van der Waals surface area (Å²) in [6.07, 6.45) is 0. The standard InChI is InChI=1S/C20H21N/c1-12-18(20(12,2)3)16-9-8-15-10-13-6-4-5-7-14(13)11-17(15)19(16)21/h4-12,18H,21H2,1-3H3. The van der Waals surface area contributed by atoms with Gasteiger partial charge in [-0.3, -0.25) is 0 Å². The van der Waals surface area contributed by atoms with Gasteiger partial charge in [-0.15, -0.1) is 0 Å². The molecule has 0 aliphatic heterocycles. The second-order valence-corrected chi connectivity index (χ2v) is 7.08. The van der Waals surface area contributed by atoms with Crippen LogP contribution in [0, 0.1) is 11.3 Å². The summed E-state index contributed by atoms with van der Waals surface area (Å²) in [7, 11) is 0. The van der Waals surface area contributed by atoms with Crippen molar-refractivity contribution >= 4 is 27.2 Å². The summed E-state index contributed by atoms with van der Waals surface area (Å²) < 4.78 is 0. The Kier molecular flexibility index (Phi) is 2.42. The fraction of sp³-hybridized carbons (Fsp3) is 0.300. The smallest absolute Gasteiger partial charge is 0.0429 e. The average Bonchev–Trinajstić information content (AvgIpc) is 2.96. The molecule has 2 N–H and O–H groups in total. The van der Waals surface area contributed by atoms with E-state index in [-0.39, 0.29) is 0 Å². The fourth-order valence-corrected chi connectivity index (χ4v) is 3.89. The van der Waals surface area contributed by atoms with E-state index < -0.39 is 0 Å². The molecule has 1 heteroatoms. The molecule has 0 heterocycles. The number of hydrogen-bond donors (Lipinski definition) is 1. The van der Waals surface area contributed by atoms with Crippen LogP contribution in [0.25, 0.3) is 21.5 Å². The lowest BCUT2D eigenvalue weighted by atomic mass is 9.95. The summed E-state index contributed by atoms with van der Waals surface area (Å²) in [5.41, 5.74) is 9.21. The van der Waals surface area contributed by atoms with Crippen molar-refractivity contribution < 1.29 is 0 Å². The molecular formula is C20H21N. The fourth-order valence-electron chi connectivity index (χ4n) is 3.89. The predicted octanol–water partition coefficient (Wildman–Crippen LogP) is 5.33. The van der Waals surface area contributed by atoms with Gasteiger partial charge in [-0.2, -0.15) is 0 Å².